The van der Waals surface area contributed by atoms with Gasteiger partial charge in [-0.1, -0.05) is 49.7 Å². The molecule has 5 heteroatoms. The third kappa shape index (κ3) is 4.38. The second kappa shape index (κ2) is 8.08. The lowest BCUT2D eigenvalue weighted by Crippen LogP contribution is -2.42. The maximum Gasteiger partial charge on any atom is 0.415 e. The highest BCUT2D eigenvalue weighted by Crippen LogP contribution is 2.46. The molecule has 150 valence electrons. The first kappa shape index (κ1) is 21.2. The number of fused-ring (bicyclic) bond motifs is 1. The number of benzene rings is 2. The first-order chi connectivity index (χ1) is 13.1. The standard InChI is InChI=1S/C23H27BrClNO2/c1-14(2)16-12-15-10-11-20(17-8-6-7-9-19(17)25)26(21(15)18(24)13-16)22(27)28-23(3,4)5/h6-9,12-14,20H,10-11H2,1-5H3. The number of hydrogen-bond donors (Lipinski definition) is 0. The van der Waals surface area contributed by atoms with Crippen molar-refractivity contribution in [2.75, 3.05) is 4.90 Å². The molecule has 1 aliphatic rings. The number of carbonyl (C=O) groups is 1. The predicted octanol–water partition coefficient (Wildman–Crippen LogP) is 7.65. The van der Waals surface area contributed by atoms with Gasteiger partial charge in [0.2, 0.25) is 0 Å². The van der Waals surface area contributed by atoms with Crippen LogP contribution in [0.1, 0.15) is 69.7 Å². The Kier molecular flexibility index (Phi) is 6.11. The van der Waals surface area contributed by atoms with Crippen LogP contribution in [0.5, 0.6) is 0 Å². The van der Waals surface area contributed by atoms with Crippen molar-refractivity contribution in [3.63, 3.8) is 0 Å². The van der Waals surface area contributed by atoms with Crippen LogP contribution in [0.3, 0.4) is 0 Å². The van der Waals surface area contributed by atoms with E-state index in [4.69, 9.17) is 16.3 Å². The molecule has 0 aliphatic carbocycles. The van der Waals surface area contributed by atoms with Gasteiger partial charge in [-0.15, -0.1) is 0 Å². The summed E-state index contributed by atoms with van der Waals surface area (Å²) >= 11 is 10.2. The van der Waals surface area contributed by atoms with Gasteiger partial charge in [0.05, 0.1) is 11.7 Å². The minimum absolute atomic E-state index is 0.169. The van der Waals surface area contributed by atoms with Crippen LogP contribution in [0.15, 0.2) is 40.9 Å². The van der Waals surface area contributed by atoms with Gasteiger partial charge in [0.25, 0.3) is 0 Å². The summed E-state index contributed by atoms with van der Waals surface area (Å²) in [5, 5.41) is 0.666. The molecule has 1 atom stereocenters. The second-order valence-electron chi connectivity index (χ2n) is 8.59. The van der Waals surface area contributed by atoms with E-state index in [2.05, 4.69) is 41.9 Å². The van der Waals surface area contributed by atoms with Crippen LogP contribution in [0, 0.1) is 0 Å². The Hall–Kier alpha value is -1.52. The zero-order valence-electron chi connectivity index (χ0n) is 17.1. The van der Waals surface area contributed by atoms with Crippen LogP contribution >= 0.6 is 27.5 Å². The number of amides is 1. The molecule has 3 rings (SSSR count). The fourth-order valence-electron chi connectivity index (χ4n) is 3.62. The Bertz CT molecular complexity index is 889. The monoisotopic (exact) mass is 463 g/mol. The molecule has 3 nitrogen and oxygen atoms in total. The van der Waals surface area contributed by atoms with Crippen LogP contribution in [0.25, 0.3) is 0 Å². The highest BCUT2D eigenvalue weighted by atomic mass is 79.9. The van der Waals surface area contributed by atoms with Gasteiger partial charge in [-0.25, -0.2) is 4.79 Å². The van der Waals surface area contributed by atoms with Gasteiger partial charge in [0.1, 0.15) is 5.60 Å². The Labute approximate surface area is 181 Å². The minimum atomic E-state index is -0.579. The smallest absolute Gasteiger partial charge is 0.415 e. The molecular weight excluding hydrogens is 438 g/mol. The molecule has 0 saturated carbocycles. The number of carbonyl (C=O) groups excluding carboxylic acids is 1. The summed E-state index contributed by atoms with van der Waals surface area (Å²) in [7, 11) is 0. The molecule has 1 unspecified atom stereocenters. The Morgan fingerprint density at radius 1 is 1.25 bits per heavy atom. The number of ether oxygens (including phenoxy) is 1. The van der Waals surface area contributed by atoms with Gasteiger partial charge in [-0.2, -0.15) is 0 Å². The molecule has 0 aromatic heterocycles. The van der Waals surface area contributed by atoms with Crippen LogP contribution in [-0.2, 0) is 11.2 Å². The van der Waals surface area contributed by atoms with Crippen molar-refractivity contribution >= 4 is 39.3 Å². The number of nitrogens with zero attached hydrogens (tertiary/aromatic N) is 1. The van der Waals surface area contributed by atoms with E-state index in [0.717, 1.165) is 34.1 Å². The van der Waals surface area contributed by atoms with Crippen molar-refractivity contribution in [3.8, 4) is 0 Å². The van der Waals surface area contributed by atoms with Crippen LogP contribution in [-0.4, -0.2) is 11.7 Å². The van der Waals surface area contributed by atoms with Gasteiger partial charge in [0, 0.05) is 9.50 Å². The molecule has 28 heavy (non-hydrogen) atoms. The van der Waals surface area contributed by atoms with Crippen LogP contribution in [0.4, 0.5) is 10.5 Å². The molecule has 1 heterocycles. The quantitative estimate of drug-likeness (QED) is 0.456. The lowest BCUT2D eigenvalue weighted by Gasteiger charge is -2.39. The van der Waals surface area contributed by atoms with Crippen molar-refractivity contribution < 1.29 is 9.53 Å². The number of rotatable bonds is 2. The molecule has 0 saturated heterocycles. The summed E-state index contributed by atoms with van der Waals surface area (Å²) in [5.41, 5.74) is 3.66. The molecule has 0 bridgehead atoms. The lowest BCUT2D eigenvalue weighted by molar-refractivity contribution is 0.0559. The summed E-state index contributed by atoms with van der Waals surface area (Å²) in [6.07, 6.45) is 1.32. The fraction of sp³-hybridized carbons (Fsp3) is 0.435. The van der Waals surface area contributed by atoms with Gasteiger partial charge < -0.3 is 4.74 Å². The fourth-order valence-corrected chi connectivity index (χ4v) is 4.59. The van der Waals surface area contributed by atoms with Crippen LogP contribution in [0.2, 0.25) is 5.02 Å². The normalized spacial score (nSPS) is 16.9. The topological polar surface area (TPSA) is 29.5 Å². The number of hydrogen-bond acceptors (Lipinski definition) is 2. The molecule has 2 aromatic carbocycles. The Balaban J connectivity index is 2.14. The van der Waals surface area contributed by atoms with Gasteiger partial charge in [0.15, 0.2) is 0 Å². The number of halogens is 2. The maximum atomic E-state index is 13.3. The van der Waals surface area contributed by atoms with E-state index < -0.39 is 5.60 Å². The average molecular weight is 465 g/mol. The molecular formula is C23H27BrClNO2. The van der Waals surface area contributed by atoms with E-state index in [1.54, 1.807) is 4.90 Å². The maximum absolute atomic E-state index is 13.3. The van der Waals surface area contributed by atoms with Crippen molar-refractivity contribution in [1.82, 2.24) is 0 Å². The summed E-state index contributed by atoms with van der Waals surface area (Å²) < 4.78 is 6.69. The third-order valence-electron chi connectivity index (χ3n) is 4.93. The average Bonchev–Trinajstić information content (AvgIpc) is 2.59. The van der Waals surface area contributed by atoms with Gasteiger partial charge in [-0.05, 0) is 84.3 Å². The highest BCUT2D eigenvalue weighted by Gasteiger charge is 2.37. The summed E-state index contributed by atoms with van der Waals surface area (Å²) in [6, 6.07) is 11.9. The van der Waals surface area contributed by atoms with E-state index >= 15 is 0 Å². The Morgan fingerprint density at radius 3 is 2.54 bits per heavy atom. The largest absolute Gasteiger partial charge is 0.443 e. The van der Waals surface area contributed by atoms with Crippen molar-refractivity contribution in [2.45, 2.75) is 65.0 Å². The molecule has 0 N–H and O–H groups in total. The number of anilines is 1. The first-order valence-electron chi connectivity index (χ1n) is 9.67. The number of aryl methyl sites for hydroxylation is 1. The summed E-state index contributed by atoms with van der Waals surface area (Å²) in [6.45, 7) is 10.0. The zero-order chi connectivity index (χ0) is 20.6. The van der Waals surface area contributed by atoms with Crippen LogP contribution < -0.4 is 4.90 Å². The molecule has 1 aliphatic heterocycles. The summed E-state index contributed by atoms with van der Waals surface area (Å²) in [5.74, 6) is 0.415. The predicted molar refractivity (Wildman–Crippen MR) is 119 cm³/mol. The lowest BCUT2D eigenvalue weighted by atomic mass is 9.89. The molecule has 0 fully saturated rings. The van der Waals surface area contributed by atoms with Crippen molar-refractivity contribution in [2.24, 2.45) is 0 Å². The first-order valence-corrected chi connectivity index (χ1v) is 10.8. The third-order valence-corrected chi connectivity index (χ3v) is 5.87. The van der Waals surface area contributed by atoms with Gasteiger partial charge >= 0.3 is 6.09 Å². The van der Waals surface area contributed by atoms with Crippen molar-refractivity contribution in [1.29, 1.82) is 0 Å². The van der Waals surface area contributed by atoms with E-state index in [0.29, 0.717) is 10.9 Å². The van der Waals surface area contributed by atoms with E-state index in [1.165, 1.54) is 5.56 Å². The van der Waals surface area contributed by atoms with Gasteiger partial charge in [-0.3, -0.25) is 4.90 Å². The molecule has 1 amide bonds. The Morgan fingerprint density at radius 2 is 1.93 bits per heavy atom. The van der Waals surface area contributed by atoms with E-state index in [9.17, 15) is 4.79 Å². The molecule has 2 aromatic rings. The SMILES string of the molecule is CC(C)c1cc(Br)c2c(c1)CCC(c1ccccc1Cl)N2C(=O)OC(C)(C)C. The zero-order valence-corrected chi connectivity index (χ0v) is 19.4. The molecule has 0 radical (unpaired) electrons. The summed E-state index contributed by atoms with van der Waals surface area (Å²) in [4.78, 5) is 15.1. The highest BCUT2D eigenvalue weighted by molar-refractivity contribution is 9.10. The van der Waals surface area contributed by atoms with E-state index in [-0.39, 0.29) is 12.1 Å². The van der Waals surface area contributed by atoms with E-state index in [1.807, 2.05) is 45.0 Å². The van der Waals surface area contributed by atoms with Crippen molar-refractivity contribution in [3.05, 3.63) is 62.6 Å². The molecule has 0 spiro atoms. The minimum Gasteiger partial charge on any atom is -0.443 e. The second-order valence-corrected chi connectivity index (χ2v) is 9.85.